The summed E-state index contributed by atoms with van der Waals surface area (Å²) in [6.45, 7) is 18.5. The number of rotatable bonds is 1. The van der Waals surface area contributed by atoms with E-state index in [0.717, 1.165) is 22.7 Å². The molecule has 0 aliphatic carbocycles. The minimum atomic E-state index is 0.833. The zero-order valence-electron chi connectivity index (χ0n) is 17.7. The molecule has 0 aliphatic heterocycles. The normalized spacial score (nSPS) is 8.56. The van der Waals surface area contributed by atoms with Crippen LogP contribution in [0.1, 0.15) is 62.3 Å². The van der Waals surface area contributed by atoms with Gasteiger partial charge in [0.1, 0.15) is 0 Å². The highest BCUT2D eigenvalue weighted by molar-refractivity contribution is 5.92. The fraction of sp³-hybridized carbons (Fsp3) is 0.435. The van der Waals surface area contributed by atoms with Crippen molar-refractivity contribution in [2.75, 3.05) is 0 Å². The molecule has 3 aromatic rings. The smallest absolute Gasteiger partial charge is 0.0999 e. The van der Waals surface area contributed by atoms with E-state index in [9.17, 15) is 0 Å². The monoisotopic (exact) mass is 342 g/mol. The van der Waals surface area contributed by atoms with Gasteiger partial charge in [0.15, 0.2) is 0 Å². The lowest BCUT2D eigenvalue weighted by atomic mass is 10.1. The van der Waals surface area contributed by atoms with Crippen molar-refractivity contribution in [3.8, 4) is 11.3 Å². The number of H-pyrrole nitrogens is 1. The lowest BCUT2D eigenvalue weighted by molar-refractivity contribution is 0.737. The van der Waals surface area contributed by atoms with Crippen LogP contribution in [0.15, 0.2) is 54.6 Å². The fourth-order valence-electron chi connectivity index (χ4n) is 1.78. The molecule has 3 rings (SSSR count). The molecule has 0 bridgehead atoms. The summed E-state index contributed by atoms with van der Waals surface area (Å²) in [5.74, 6) is 0.833. The van der Waals surface area contributed by atoms with E-state index < -0.39 is 0 Å². The van der Waals surface area contributed by atoms with E-state index in [0.29, 0.717) is 0 Å². The van der Waals surface area contributed by atoms with E-state index in [2.05, 4.69) is 49.2 Å². The zero-order valence-corrected chi connectivity index (χ0v) is 17.7. The van der Waals surface area contributed by atoms with Gasteiger partial charge in [0.25, 0.3) is 0 Å². The summed E-state index contributed by atoms with van der Waals surface area (Å²) < 4.78 is 0. The highest BCUT2D eigenvalue weighted by Crippen LogP contribution is 2.25. The SMILES string of the molecule is CC.CC.CC.CC(C)C.c1ccc(-c2n[nH]c3ccccc23)cc1. The van der Waals surface area contributed by atoms with Crippen molar-refractivity contribution in [1.82, 2.24) is 10.2 Å². The summed E-state index contributed by atoms with van der Waals surface area (Å²) in [4.78, 5) is 0. The molecule has 1 aromatic heterocycles. The van der Waals surface area contributed by atoms with Gasteiger partial charge in [-0.1, -0.05) is 111 Å². The maximum Gasteiger partial charge on any atom is 0.0999 e. The molecule has 0 aliphatic rings. The van der Waals surface area contributed by atoms with Crippen molar-refractivity contribution in [3.63, 3.8) is 0 Å². The van der Waals surface area contributed by atoms with Crippen LogP contribution < -0.4 is 0 Å². The number of aromatic amines is 1. The van der Waals surface area contributed by atoms with E-state index in [1.165, 1.54) is 5.39 Å². The number of aromatic nitrogens is 2. The maximum atomic E-state index is 4.34. The Morgan fingerprint density at radius 3 is 1.64 bits per heavy atom. The van der Waals surface area contributed by atoms with Crippen molar-refractivity contribution in [2.24, 2.45) is 5.92 Å². The maximum absolute atomic E-state index is 4.34. The third kappa shape index (κ3) is 9.71. The van der Waals surface area contributed by atoms with Gasteiger partial charge in [-0.3, -0.25) is 5.10 Å². The molecule has 0 unspecified atom stereocenters. The molecular weight excluding hydrogens is 304 g/mol. The Hall–Kier alpha value is -2.09. The van der Waals surface area contributed by atoms with Crippen LogP contribution in [0.5, 0.6) is 0 Å². The van der Waals surface area contributed by atoms with Crippen molar-refractivity contribution in [2.45, 2.75) is 62.3 Å². The van der Waals surface area contributed by atoms with Crippen molar-refractivity contribution in [1.29, 1.82) is 0 Å². The molecule has 2 heteroatoms. The fourth-order valence-corrected chi connectivity index (χ4v) is 1.78. The molecule has 0 fully saturated rings. The summed E-state index contributed by atoms with van der Waals surface area (Å²) in [6, 6.07) is 18.4. The summed E-state index contributed by atoms with van der Waals surface area (Å²) in [6.07, 6.45) is 0. The Morgan fingerprint density at radius 2 is 1.12 bits per heavy atom. The first-order chi connectivity index (χ1) is 12.2. The summed E-state index contributed by atoms with van der Waals surface area (Å²) in [5, 5.41) is 8.55. The molecule has 1 N–H and O–H groups in total. The molecule has 0 amide bonds. The highest BCUT2D eigenvalue weighted by atomic mass is 15.1. The molecule has 140 valence electrons. The van der Waals surface area contributed by atoms with Gasteiger partial charge in [-0.15, -0.1) is 0 Å². The number of nitrogens with zero attached hydrogens (tertiary/aromatic N) is 1. The molecule has 2 aromatic carbocycles. The van der Waals surface area contributed by atoms with E-state index in [1.54, 1.807) is 0 Å². The molecule has 2 nitrogen and oxygen atoms in total. The van der Waals surface area contributed by atoms with E-state index in [4.69, 9.17) is 0 Å². The number of nitrogens with one attached hydrogen (secondary N) is 1. The predicted molar refractivity (Wildman–Crippen MR) is 116 cm³/mol. The minimum Gasteiger partial charge on any atom is -0.277 e. The van der Waals surface area contributed by atoms with E-state index in [-0.39, 0.29) is 0 Å². The van der Waals surface area contributed by atoms with Crippen LogP contribution in [0, 0.1) is 5.92 Å². The molecule has 0 atom stereocenters. The zero-order chi connectivity index (χ0) is 19.7. The number of benzene rings is 2. The Balaban J connectivity index is 0. The second kappa shape index (κ2) is 16.8. The van der Waals surface area contributed by atoms with Crippen molar-refractivity contribution >= 4 is 10.9 Å². The lowest BCUT2D eigenvalue weighted by Crippen LogP contribution is -1.76. The quantitative estimate of drug-likeness (QED) is 0.477. The minimum absolute atomic E-state index is 0.833. The average Bonchev–Trinajstić information content (AvgIpc) is 3.11. The van der Waals surface area contributed by atoms with Gasteiger partial charge in [-0.25, -0.2) is 0 Å². The second-order valence-electron chi connectivity index (χ2n) is 5.22. The first-order valence-electron chi connectivity index (χ1n) is 9.67. The van der Waals surface area contributed by atoms with Crippen LogP contribution in [0.4, 0.5) is 0 Å². The molecule has 0 saturated heterocycles. The van der Waals surface area contributed by atoms with Crippen LogP contribution in [0.3, 0.4) is 0 Å². The summed E-state index contributed by atoms with van der Waals surface area (Å²) in [7, 11) is 0. The Morgan fingerprint density at radius 1 is 0.680 bits per heavy atom. The largest absolute Gasteiger partial charge is 0.277 e. The lowest BCUT2D eigenvalue weighted by Gasteiger charge is -1.95. The standard InChI is InChI=1S/C13H10N2.C4H10.3C2H6/c1-2-6-10(7-3-1)13-11-8-4-5-9-12(11)14-15-13;1-4(2)3;3*1-2/h1-9H,(H,14,15);4H,1-3H3;3*1-2H3. The Kier molecular flexibility index (Phi) is 16.9. The first-order valence-corrected chi connectivity index (χ1v) is 9.67. The molecule has 25 heavy (non-hydrogen) atoms. The van der Waals surface area contributed by atoms with E-state index in [1.807, 2.05) is 77.9 Å². The molecule has 0 spiro atoms. The highest BCUT2D eigenvalue weighted by Gasteiger charge is 2.05. The van der Waals surface area contributed by atoms with Gasteiger partial charge < -0.3 is 0 Å². The van der Waals surface area contributed by atoms with Gasteiger partial charge in [0.05, 0.1) is 11.2 Å². The van der Waals surface area contributed by atoms with Gasteiger partial charge in [0.2, 0.25) is 0 Å². The molecular formula is C23H38N2. The third-order valence-corrected chi connectivity index (χ3v) is 2.52. The summed E-state index contributed by atoms with van der Waals surface area (Å²) in [5.41, 5.74) is 3.25. The van der Waals surface area contributed by atoms with Crippen LogP contribution in [-0.2, 0) is 0 Å². The van der Waals surface area contributed by atoms with Crippen molar-refractivity contribution < 1.29 is 0 Å². The van der Waals surface area contributed by atoms with Gasteiger partial charge >= 0.3 is 0 Å². The topological polar surface area (TPSA) is 28.7 Å². The Labute approximate surface area is 155 Å². The summed E-state index contributed by atoms with van der Waals surface area (Å²) >= 11 is 0. The van der Waals surface area contributed by atoms with Gasteiger partial charge in [-0.2, -0.15) is 5.10 Å². The second-order valence-corrected chi connectivity index (χ2v) is 5.22. The molecule has 0 saturated carbocycles. The number of hydrogen-bond donors (Lipinski definition) is 1. The number of para-hydroxylation sites is 1. The van der Waals surface area contributed by atoms with Gasteiger partial charge in [0, 0.05) is 10.9 Å². The first kappa shape index (κ1) is 25.2. The number of fused-ring (bicyclic) bond motifs is 1. The van der Waals surface area contributed by atoms with Crippen LogP contribution in [0.2, 0.25) is 0 Å². The van der Waals surface area contributed by atoms with E-state index >= 15 is 0 Å². The predicted octanol–water partition coefficient (Wildman–Crippen LogP) is 7.97. The average molecular weight is 343 g/mol. The Bertz CT molecular complexity index is 622. The van der Waals surface area contributed by atoms with Crippen molar-refractivity contribution in [3.05, 3.63) is 54.6 Å². The van der Waals surface area contributed by atoms with Crippen LogP contribution in [0.25, 0.3) is 22.2 Å². The molecule has 0 radical (unpaired) electrons. The van der Waals surface area contributed by atoms with Gasteiger partial charge in [-0.05, 0) is 12.0 Å². The van der Waals surface area contributed by atoms with Crippen LogP contribution in [-0.4, -0.2) is 10.2 Å². The van der Waals surface area contributed by atoms with Crippen LogP contribution >= 0.6 is 0 Å². The molecule has 1 heterocycles. The third-order valence-electron chi connectivity index (χ3n) is 2.52. The number of hydrogen-bond acceptors (Lipinski definition) is 1.